The highest BCUT2D eigenvalue weighted by molar-refractivity contribution is 9.10. The second-order valence-corrected chi connectivity index (χ2v) is 7.28. The van der Waals surface area contributed by atoms with Crippen molar-refractivity contribution >= 4 is 66.1 Å². The number of hydrogen-bond donors (Lipinski definition) is 1. The molecule has 0 saturated carbocycles. The van der Waals surface area contributed by atoms with Gasteiger partial charge in [0, 0.05) is 21.4 Å². The molecule has 4 rings (SSSR count). The Balaban J connectivity index is 1.66. The van der Waals surface area contributed by atoms with Crippen LogP contribution in [0.2, 0.25) is 0 Å². The first-order chi connectivity index (χ1) is 12.1. The lowest BCUT2D eigenvalue weighted by molar-refractivity contribution is 0.949. The van der Waals surface area contributed by atoms with Gasteiger partial charge in [-0.25, -0.2) is 5.43 Å². The van der Waals surface area contributed by atoms with Gasteiger partial charge >= 0.3 is 0 Å². The molecule has 0 spiro atoms. The number of anilines is 1. The van der Waals surface area contributed by atoms with Crippen molar-refractivity contribution in [3.8, 4) is 0 Å². The lowest BCUT2D eigenvalue weighted by atomic mass is 10.2. The molecule has 2 aromatic heterocycles. The molecule has 0 bridgehead atoms. The summed E-state index contributed by atoms with van der Waals surface area (Å²) in [6, 6.07) is 13.9. The Morgan fingerprint density at radius 3 is 2.60 bits per heavy atom. The molecule has 8 heteroatoms. The van der Waals surface area contributed by atoms with Gasteiger partial charge in [-0.1, -0.05) is 44.0 Å². The van der Waals surface area contributed by atoms with Crippen LogP contribution in [-0.4, -0.2) is 26.0 Å². The van der Waals surface area contributed by atoms with E-state index in [0.29, 0.717) is 5.95 Å². The first kappa shape index (κ1) is 16.2. The van der Waals surface area contributed by atoms with Crippen LogP contribution >= 0.6 is 31.9 Å². The summed E-state index contributed by atoms with van der Waals surface area (Å²) in [6.07, 6.45) is 1.71. The largest absolute Gasteiger partial charge is 0.327 e. The first-order valence-corrected chi connectivity index (χ1v) is 9.03. The second-order valence-electron chi connectivity index (χ2n) is 5.45. The number of aryl methyl sites for hydroxylation is 1. The predicted octanol–water partition coefficient (Wildman–Crippen LogP) is 4.49. The maximum atomic E-state index is 4.53. The molecule has 0 amide bonds. The number of hydrazone groups is 1. The van der Waals surface area contributed by atoms with Crippen LogP contribution in [0.5, 0.6) is 0 Å². The van der Waals surface area contributed by atoms with E-state index in [-0.39, 0.29) is 0 Å². The molecule has 0 fully saturated rings. The Bertz CT molecular complexity index is 1100. The monoisotopic (exact) mass is 458 g/mol. The van der Waals surface area contributed by atoms with E-state index >= 15 is 0 Å². The number of aromatic nitrogens is 4. The molecule has 124 valence electrons. The topological polar surface area (TPSA) is 68.0 Å². The lowest BCUT2D eigenvalue weighted by Crippen LogP contribution is -2.00. The minimum absolute atomic E-state index is 0.353. The number of fused-ring (bicyclic) bond motifs is 3. The molecule has 0 atom stereocenters. The molecule has 0 aliphatic rings. The first-order valence-electron chi connectivity index (χ1n) is 7.45. The van der Waals surface area contributed by atoms with Gasteiger partial charge in [-0.05, 0) is 35.9 Å². The maximum absolute atomic E-state index is 4.53. The van der Waals surface area contributed by atoms with Gasteiger partial charge < -0.3 is 4.57 Å². The summed E-state index contributed by atoms with van der Waals surface area (Å²) in [5, 5.41) is 13.6. The zero-order valence-corrected chi connectivity index (χ0v) is 16.3. The molecule has 2 aromatic carbocycles. The van der Waals surface area contributed by atoms with Crippen molar-refractivity contribution in [1.29, 1.82) is 0 Å². The fourth-order valence-corrected chi connectivity index (χ4v) is 3.22. The Morgan fingerprint density at radius 2 is 1.80 bits per heavy atom. The average molecular weight is 460 g/mol. The number of nitrogens with zero attached hydrogens (tertiary/aromatic N) is 5. The fourth-order valence-electron chi connectivity index (χ4n) is 2.59. The Labute approximate surface area is 160 Å². The van der Waals surface area contributed by atoms with Crippen molar-refractivity contribution in [3.63, 3.8) is 0 Å². The highest BCUT2D eigenvalue weighted by Gasteiger charge is 2.12. The summed E-state index contributed by atoms with van der Waals surface area (Å²) < 4.78 is 4.02. The number of benzene rings is 2. The number of halogens is 2. The van der Waals surface area contributed by atoms with Gasteiger partial charge in [0.2, 0.25) is 0 Å². The number of hydrogen-bond acceptors (Lipinski definition) is 5. The molecule has 0 aliphatic carbocycles. The summed E-state index contributed by atoms with van der Waals surface area (Å²) in [5.41, 5.74) is 6.38. The summed E-state index contributed by atoms with van der Waals surface area (Å²) >= 11 is 6.90. The SMILES string of the molecule is Cn1c2ccc(Br)cc2c2nnc(N/N=C/c3ccc(Br)cc3)nc21. The Hall–Kier alpha value is -2.32. The van der Waals surface area contributed by atoms with E-state index in [0.717, 1.165) is 36.6 Å². The molecule has 0 unspecified atom stereocenters. The average Bonchev–Trinajstić information content (AvgIpc) is 2.88. The van der Waals surface area contributed by atoms with Gasteiger partial charge in [-0.15, -0.1) is 10.2 Å². The van der Waals surface area contributed by atoms with Crippen LogP contribution in [0.25, 0.3) is 22.1 Å². The molecule has 0 aliphatic heterocycles. The smallest absolute Gasteiger partial charge is 0.265 e. The van der Waals surface area contributed by atoms with E-state index in [2.05, 4.69) is 57.6 Å². The van der Waals surface area contributed by atoms with Crippen molar-refractivity contribution in [2.75, 3.05) is 5.43 Å². The van der Waals surface area contributed by atoms with Crippen LogP contribution in [0.15, 0.2) is 56.5 Å². The van der Waals surface area contributed by atoms with E-state index in [4.69, 9.17) is 0 Å². The highest BCUT2D eigenvalue weighted by atomic mass is 79.9. The van der Waals surface area contributed by atoms with Crippen molar-refractivity contribution in [1.82, 2.24) is 19.7 Å². The van der Waals surface area contributed by atoms with Gasteiger partial charge in [0.05, 0.1) is 11.7 Å². The van der Waals surface area contributed by atoms with Gasteiger partial charge in [-0.2, -0.15) is 10.1 Å². The molecule has 6 nitrogen and oxygen atoms in total. The van der Waals surface area contributed by atoms with Gasteiger partial charge in [0.15, 0.2) is 5.65 Å². The van der Waals surface area contributed by atoms with Crippen molar-refractivity contribution in [2.24, 2.45) is 12.1 Å². The third kappa shape index (κ3) is 3.14. The number of nitrogens with one attached hydrogen (secondary N) is 1. The van der Waals surface area contributed by atoms with E-state index in [1.807, 2.05) is 54.1 Å². The maximum Gasteiger partial charge on any atom is 0.265 e. The van der Waals surface area contributed by atoms with Crippen molar-refractivity contribution in [2.45, 2.75) is 0 Å². The molecule has 2 heterocycles. The van der Waals surface area contributed by atoms with Crippen LogP contribution in [0.3, 0.4) is 0 Å². The second kappa shape index (κ2) is 6.53. The summed E-state index contributed by atoms with van der Waals surface area (Å²) in [4.78, 5) is 4.53. The van der Waals surface area contributed by atoms with E-state index in [1.165, 1.54) is 0 Å². The predicted molar refractivity (Wildman–Crippen MR) is 107 cm³/mol. The van der Waals surface area contributed by atoms with Crippen LogP contribution in [0.1, 0.15) is 5.56 Å². The highest BCUT2D eigenvalue weighted by Crippen LogP contribution is 2.27. The zero-order valence-electron chi connectivity index (χ0n) is 13.1. The molecular weight excluding hydrogens is 448 g/mol. The van der Waals surface area contributed by atoms with Crippen LogP contribution in [0, 0.1) is 0 Å². The third-order valence-electron chi connectivity index (χ3n) is 3.81. The van der Waals surface area contributed by atoms with Gasteiger partial charge in [0.25, 0.3) is 5.95 Å². The summed E-state index contributed by atoms with van der Waals surface area (Å²) in [5.74, 6) is 0.353. The Kier molecular flexibility index (Phi) is 4.22. The minimum Gasteiger partial charge on any atom is -0.327 e. The fraction of sp³-hybridized carbons (Fsp3) is 0.0588. The lowest BCUT2D eigenvalue weighted by Gasteiger charge is -1.99. The van der Waals surface area contributed by atoms with E-state index < -0.39 is 0 Å². The minimum atomic E-state index is 0.353. The van der Waals surface area contributed by atoms with Crippen molar-refractivity contribution < 1.29 is 0 Å². The standard InChI is InChI=1S/C17H12Br2N6/c1-25-14-7-6-12(19)8-13(14)15-16(25)21-17(24-22-15)23-20-9-10-2-4-11(18)5-3-10/h2-9H,1H3,(H,21,23,24)/b20-9+. The van der Waals surface area contributed by atoms with Crippen LogP contribution < -0.4 is 5.43 Å². The summed E-state index contributed by atoms with van der Waals surface area (Å²) in [6.45, 7) is 0. The van der Waals surface area contributed by atoms with Crippen LogP contribution in [-0.2, 0) is 7.05 Å². The van der Waals surface area contributed by atoms with Gasteiger partial charge in [0.1, 0.15) is 5.52 Å². The van der Waals surface area contributed by atoms with Gasteiger partial charge in [-0.3, -0.25) is 0 Å². The molecule has 4 aromatic rings. The molecular formula is C17H12Br2N6. The van der Waals surface area contributed by atoms with E-state index in [9.17, 15) is 0 Å². The van der Waals surface area contributed by atoms with E-state index in [1.54, 1.807) is 6.21 Å². The van der Waals surface area contributed by atoms with Crippen LogP contribution in [0.4, 0.5) is 5.95 Å². The Morgan fingerprint density at radius 1 is 1.04 bits per heavy atom. The molecule has 0 radical (unpaired) electrons. The molecule has 0 saturated heterocycles. The third-order valence-corrected chi connectivity index (χ3v) is 4.83. The molecule has 25 heavy (non-hydrogen) atoms. The quantitative estimate of drug-likeness (QED) is 0.362. The number of rotatable bonds is 3. The summed E-state index contributed by atoms with van der Waals surface area (Å²) in [7, 11) is 1.96. The normalized spacial score (nSPS) is 11.6. The zero-order chi connectivity index (χ0) is 17.4. The molecule has 1 N–H and O–H groups in total. The van der Waals surface area contributed by atoms with Crippen molar-refractivity contribution in [3.05, 3.63) is 57.0 Å².